The maximum Gasteiger partial charge on any atom is 0.00418 e. The minimum atomic E-state index is -1.06. The van der Waals surface area contributed by atoms with Gasteiger partial charge in [-0.25, -0.2) is 11.6 Å². The molecule has 0 saturated carbocycles. The standard InChI is InChI=1S/C25H25.C10H17Si.C3H6.2ClH.Zr/c1-14-12-24(3,4)22-8-16-7-17-9-23-19(15(2)13-25(23,5)6)11-21(17)20(16)10-18(14)22;1-8-6-9(2)10(7-8)11(3,4)5;1-3-2;;;/h8-12H,7H2,1-6H3;6-7H,1-5H3;1-2H3;2*1H;/q2*-1;;;;+2/p-2. The second kappa shape index (κ2) is 13.0. The zero-order chi connectivity index (χ0) is 29.9. The van der Waals surface area contributed by atoms with E-state index in [9.17, 15) is 0 Å². The second-order valence-electron chi connectivity index (χ2n) is 14.6. The van der Waals surface area contributed by atoms with Crippen LogP contribution in [0.25, 0.3) is 22.3 Å². The van der Waals surface area contributed by atoms with Gasteiger partial charge in [0.15, 0.2) is 0 Å². The van der Waals surface area contributed by atoms with Gasteiger partial charge in [-0.05, 0) is 58.4 Å². The Morgan fingerprint density at radius 2 is 1.29 bits per heavy atom. The van der Waals surface area contributed by atoms with Crippen LogP contribution in [0, 0.1) is 19.9 Å². The summed E-state index contributed by atoms with van der Waals surface area (Å²) in [6.45, 7) is 29.5. The number of hydrogen-bond donors (Lipinski definition) is 0. The zero-order valence-corrected chi connectivity index (χ0v) is 33.0. The first-order valence-electron chi connectivity index (χ1n) is 14.7. The van der Waals surface area contributed by atoms with Gasteiger partial charge in [0.1, 0.15) is 0 Å². The van der Waals surface area contributed by atoms with E-state index < -0.39 is 8.07 Å². The summed E-state index contributed by atoms with van der Waals surface area (Å²) in [7, 11) is -1.06. The molecule has 0 aromatic heterocycles. The number of allylic oxidation sites excluding steroid dienone is 4. The Bertz CT molecular complexity index is 1480. The van der Waals surface area contributed by atoms with E-state index in [4.69, 9.17) is 0 Å². The third-order valence-electron chi connectivity index (χ3n) is 8.48. The van der Waals surface area contributed by atoms with Crippen molar-refractivity contribution >= 4 is 27.6 Å². The number of hydrogen-bond acceptors (Lipinski definition) is 0. The summed E-state index contributed by atoms with van der Waals surface area (Å²) in [5.41, 5.74) is 17.5. The van der Waals surface area contributed by atoms with Crippen LogP contribution >= 0.6 is 0 Å². The third-order valence-corrected chi connectivity index (χ3v) is 10.6. The van der Waals surface area contributed by atoms with Crippen LogP contribution in [0.15, 0.2) is 42.5 Å². The predicted octanol–water partition coefficient (Wildman–Crippen LogP) is 3.77. The Balaban J connectivity index is 0.000000307. The minimum Gasteiger partial charge on any atom is -1.00 e. The number of benzene rings is 2. The molecule has 0 spiro atoms. The molecule has 3 aliphatic rings. The molecule has 0 aliphatic heterocycles. The van der Waals surface area contributed by atoms with E-state index in [0.29, 0.717) is 0 Å². The van der Waals surface area contributed by atoms with E-state index in [2.05, 4.69) is 137 Å². The summed E-state index contributed by atoms with van der Waals surface area (Å²) in [4.78, 5) is 0. The van der Waals surface area contributed by atoms with E-state index in [1.807, 2.05) is 0 Å². The third kappa shape index (κ3) is 7.37. The maximum absolute atomic E-state index is 3.65. The van der Waals surface area contributed by atoms with Crippen molar-refractivity contribution in [2.75, 3.05) is 0 Å². The Labute approximate surface area is 285 Å². The summed E-state index contributed by atoms with van der Waals surface area (Å²) < 4.78 is 1.51. The van der Waals surface area contributed by atoms with Gasteiger partial charge in [-0.3, -0.25) is 6.08 Å². The molecule has 0 amide bonds. The van der Waals surface area contributed by atoms with Gasteiger partial charge in [0, 0.05) is 13.5 Å². The molecule has 0 bridgehead atoms. The number of rotatable bonds is 1. The molecule has 4 heteroatoms. The SMILES string of the molecule is CC1=[C-]C(C)(C)c2cc3c(cc21)-c1cc2c(cc1C3)C(C)(C)C=C2C.C[C](C)=[Zr+2].Cc1cc([Si](C)(C)C)c(C)[cH-]1.[Cl-].[Cl-]. The molecule has 3 aromatic rings. The van der Waals surface area contributed by atoms with Gasteiger partial charge < -0.3 is 24.8 Å². The van der Waals surface area contributed by atoms with Crippen molar-refractivity contribution in [3.63, 3.8) is 0 Å². The Hall–Kier alpha value is -1.18. The first-order valence-corrected chi connectivity index (χ1v) is 19.5. The van der Waals surface area contributed by atoms with E-state index >= 15 is 0 Å². The monoisotopic (exact) mass is 692 g/mol. The van der Waals surface area contributed by atoms with E-state index in [1.54, 1.807) is 29.4 Å². The topological polar surface area (TPSA) is 0 Å². The first kappa shape index (κ1) is 37.0. The number of aryl methyl sites for hydroxylation is 2. The molecular formula is C38H48Cl2SiZr-2. The van der Waals surface area contributed by atoms with Crippen molar-refractivity contribution in [1.82, 2.24) is 0 Å². The molecule has 0 fully saturated rings. The molecule has 224 valence electrons. The second-order valence-corrected chi connectivity index (χ2v) is 22.1. The molecule has 3 aliphatic carbocycles. The molecule has 0 saturated heterocycles. The maximum atomic E-state index is 3.65. The fraction of sp³-hybridized carbons (Fsp3) is 0.421. The van der Waals surface area contributed by atoms with Gasteiger partial charge >= 0.3 is 41.3 Å². The molecule has 0 heterocycles. The Morgan fingerprint density at radius 3 is 1.74 bits per heavy atom. The van der Waals surface area contributed by atoms with Crippen molar-refractivity contribution < 1.29 is 49.0 Å². The largest absolute Gasteiger partial charge is 1.00 e. The smallest absolute Gasteiger partial charge is 0.00418 e. The average Bonchev–Trinajstić information content (AvgIpc) is 3.46. The van der Waals surface area contributed by atoms with Gasteiger partial charge in [0.05, 0.1) is 0 Å². The Morgan fingerprint density at radius 1 is 0.786 bits per heavy atom. The van der Waals surface area contributed by atoms with Crippen molar-refractivity contribution in [1.29, 1.82) is 0 Å². The van der Waals surface area contributed by atoms with E-state index in [-0.39, 0.29) is 35.6 Å². The van der Waals surface area contributed by atoms with Crippen LogP contribution in [0.5, 0.6) is 0 Å². The van der Waals surface area contributed by atoms with Gasteiger partial charge in [0.25, 0.3) is 0 Å². The molecule has 42 heavy (non-hydrogen) atoms. The van der Waals surface area contributed by atoms with Gasteiger partial charge in [-0.15, -0.1) is 11.6 Å². The average molecular weight is 695 g/mol. The summed E-state index contributed by atoms with van der Waals surface area (Å²) >= 11 is 1.55. The summed E-state index contributed by atoms with van der Waals surface area (Å²) in [6.07, 6.45) is 7.13. The predicted molar refractivity (Wildman–Crippen MR) is 178 cm³/mol. The normalized spacial score (nSPS) is 16.1. The van der Waals surface area contributed by atoms with E-state index in [0.717, 1.165) is 6.42 Å². The van der Waals surface area contributed by atoms with Gasteiger partial charge in [-0.1, -0.05) is 91.7 Å². The van der Waals surface area contributed by atoms with Crippen LogP contribution in [-0.4, -0.2) is 11.3 Å². The van der Waals surface area contributed by atoms with Crippen LogP contribution in [0.3, 0.4) is 0 Å². The van der Waals surface area contributed by atoms with Crippen LogP contribution in [-0.2, 0) is 41.5 Å². The summed E-state index contributed by atoms with van der Waals surface area (Å²) in [5, 5.41) is 1.62. The van der Waals surface area contributed by atoms with E-state index in [1.165, 1.54) is 70.0 Å². The van der Waals surface area contributed by atoms with Crippen molar-refractivity contribution in [3.05, 3.63) is 93.1 Å². The molecule has 0 N–H and O–H groups in total. The van der Waals surface area contributed by atoms with Crippen molar-refractivity contribution in [2.24, 2.45) is 0 Å². The number of fused-ring (bicyclic) bond motifs is 5. The molecule has 3 aromatic carbocycles. The zero-order valence-electron chi connectivity index (χ0n) is 28.0. The van der Waals surface area contributed by atoms with Crippen molar-refractivity contribution in [3.8, 4) is 11.1 Å². The molecule has 6 rings (SSSR count). The molecular weight excluding hydrogens is 647 g/mol. The molecule has 0 radical (unpaired) electrons. The van der Waals surface area contributed by atoms with Crippen LogP contribution in [0.1, 0.15) is 99.9 Å². The summed E-state index contributed by atoms with van der Waals surface area (Å²) in [6, 6.07) is 14.4. The van der Waals surface area contributed by atoms with Crippen molar-refractivity contribution in [2.45, 2.75) is 106 Å². The summed E-state index contributed by atoms with van der Waals surface area (Å²) in [5.74, 6) is 0. The van der Waals surface area contributed by atoms with Crippen LogP contribution < -0.4 is 30.0 Å². The van der Waals surface area contributed by atoms with Crippen LogP contribution in [0.4, 0.5) is 0 Å². The van der Waals surface area contributed by atoms with Gasteiger partial charge in [0.2, 0.25) is 0 Å². The fourth-order valence-electron chi connectivity index (χ4n) is 6.89. The molecule has 0 nitrogen and oxygen atoms in total. The minimum absolute atomic E-state index is 0. The molecule has 0 atom stereocenters. The van der Waals surface area contributed by atoms with Crippen LogP contribution in [0.2, 0.25) is 19.6 Å². The number of halogens is 2. The quantitative estimate of drug-likeness (QED) is 0.211. The Kier molecular flexibility index (Phi) is 11.5. The molecule has 0 unspecified atom stereocenters. The fourth-order valence-corrected chi connectivity index (χ4v) is 8.80. The van der Waals surface area contributed by atoms with Gasteiger partial charge in [-0.2, -0.15) is 27.9 Å². The first-order chi connectivity index (χ1) is 18.3.